The average molecular weight is 241 g/mol. The van der Waals surface area contributed by atoms with E-state index in [-0.39, 0.29) is 0 Å². The van der Waals surface area contributed by atoms with Crippen LogP contribution in [0.1, 0.15) is 27.7 Å². The molecule has 0 heterocycles. The van der Waals surface area contributed by atoms with Gasteiger partial charge in [-0.15, -0.1) is 0 Å². The van der Waals surface area contributed by atoms with Gasteiger partial charge in [0, 0.05) is 17.6 Å². The number of hydrogen-bond acceptors (Lipinski definition) is 1. The Kier molecular flexibility index (Phi) is 3.60. The third-order valence-electron chi connectivity index (χ3n) is 3.87. The minimum absolute atomic E-state index is 0.345. The van der Waals surface area contributed by atoms with Crippen LogP contribution in [0.3, 0.4) is 0 Å². The standard InChI is InChI=1S/C17H23N/c1-13(17(2,3)4)12-18-16-11-7-9-14-8-5-6-10-15(14)16/h5-11,13,18H,12H2,1-4H3. The first-order chi connectivity index (χ1) is 8.48. The summed E-state index contributed by atoms with van der Waals surface area (Å²) in [4.78, 5) is 0. The van der Waals surface area contributed by atoms with Crippen LogP contribution in [0.2, 0.25) is 0 Å². The Labute approximate surface area is 110 Å². The van der Waals surface area contributed by atoms with Crippen molar-refractivity contribution in [2.45, 2.75) is 27.7 Å². The molecule has 1 unspecified atom stereocenters. The van der Waals surface area contributed by atoms with Gasteiger partial charge in [0.1, 0.15) is 0 Å². The lowest BCUT2D eigenvalue weighted by Gasteiger charge is -2.28. The Morgan fingerprint density at radius 2 is 1.67 bits per heavy atom. The van der Waals surface area contributed by atoms with Gasteiger partial charge in [0.25, 0.3) is 0 Å². The molecule has 2 aromatic carbocycles. The molecule has 0 fully saturated rings. The minimum atomic E-state index is 0.345. The SMILES string of the molecule is CC(CNc1cccc2ccccc12)C(C)(C)C. The summed E-state index contributed by atoms with van der Waals surface area (Å²) >= 11 is 0. The second kappa shape index (κ2) is 5.01. The van der Waals surface area contributed by atoms with Crippen molar-refractivity contribution in [1.29, 1.82) is 0 Å². The van der Waals surface area contributed by atoms with Crippen LogP contribution in [-0.2, 0) is 0 Å². The lowest BCUT2D eigenvalue weighted by molar-refractivity contribution is 0.275. The highest BCUT2D eigenvalue weighted by Gasteiger charge is 2.19. The van der Waals surface area contributed by atoms with Gasteiger partial charge in [-0.1, -0.05) is 64.1 Å². The zero-order valence-corrected chi connectivity index (χ0v) is 11.8. The fourth-order valence-corrected chi connectivity index (χ4v) is 1.95. The molecule has 0 aliphatic carbocycles. The fraction of sp³-hybridized carbons (Fsp3) is 0.412. The van der Waals surface area contributed by atoms with E-state index in [1.54, 1.807) is 0 Å². The topological polar surface area (TPSA) is 12.0 Å². The molecule has 96 valence electrons. The highest BCUT2D eigenvalue weighted by molar-refractivity contribution is 5.93. The van der Waals surface area contributed by atoms with Gasteiger partial charge in [0.15, 0.2) is 0 Å². The first kappa shape index (κ1) is 12.9. The summed E-state index contributed by atoms with van der Waals surface area (Å²) in [6, 6.07) is 15.0. The molecule has 2 aromatic rings. The Balaban J connectivity index is 2.18. The highest BCUT2D eigenvalue weighted by Crippen LogP contribution is 2.27. The quantitative estimate of drug-likeness (QED) is 0.803. The van der Waals surface area contributed by atoms with Crippen molar-refractivity contribution in [2.24, 2.45) is 11.3 Å². The number of nitrogens with one attached hydrogen (secondary N) is 1. The second-order valence-corrected chi connectivity index (χ2v) is 6.17. The molecular formula is C17H23N. The van der Waals surface area contributed by atoms with Gasteiger partial charge in [0.2, 0.25) is 0 Å². The number of anilines is 1. The van der Waals surface area contributed by atoms with Gasteiger partial charge in [-0.2, -0.15) is 0 Å². The summed E-state index contributed by atoms with van der Waals surface area (Å²) < 4.78 is 0. The van der Waals surface area contributed by atoms with Gasteiger partial charge in [-0.3, -0.25) is 0 Å². The average Bonchev–Trinajstić information content (AvgIpc) is 2.34. The van der Waals surface area contributed by atoms with Crippen LogP contribution >= 0.6 is 0 Å². The summed E-state index contributed by atoms with van der Waals surface area (Å²) in [5, 5.41) is 6.20. The van der Waals surface area contributed by atoms with Crippen molar-refractivity contribution in [1.82, 2.24) is 0 Å². The molecule has 0 saturated heterocycles. The maximum absolute atomic E-state index is 3.59. The van der Waals surface area contributed by atoms with Gasteiger partial charge >= 0.3 is 0 Å². The van der Waals surface area contributed by atoms with E-state index in [2.05, 4.69) is 75.5 Å². The molecule has 18 heavy (non-hydrogen) atoms. The number of benzene rings is 2. The Morgan fingerprint density at radius 3 is 2.39 bits per heavy atom. The van der Waals surface area contributed by atoms with Crippen LogP contribution in [0.5, 0.6) is 0 Å². The van der Waals surface area contributed by atoms with Crippen molar-refractivity contribution in [3.63, 3.8) is 0 Å². The molecule has 2 rings (SSSR count). The Hall–Kier alpha value is -1.50. The van der Waals surface area contributed by atoms with E-state index in [0.29, 0.717) is 11.3 Å². The molecule has 0 aromatic heterocycles. The van der Waals surface area contributed by atoms with Crippen LogP contribution in [-0.4, -0.2) is 6.54 Å². The summed E-state index contributed by atoms with van der Waals surface area (Å²) in [6.45, 7) is 10.2. The first-order valence-corrected chi connectivity index (χ1v) is 6.70. The molecule has 1 heteroatoms. The molecule has 0 aliphatic rings. The summed E-state index contributed by atoms with van der Waals surface area (Å²) in [7, 11) is 0. The molecule has 1 N–H and O–H groups in total. The van der Waals surface area contributed by atoms with E-state index < -0.39 is 0 Å². The van der Waals surface area contributed by atoms with Crippen molar-refractivity contribution in [3.05, 3.63) is 42.5 Å². The van der Waals surface area contributed by atoms with Crippen LogP contribution < -0.4 is 5.32 Å². The normalized spacial score (nSPS) is 13.6. The second-order valence-electron chi connectivity index (χ2n) is 6.17. The maximum atomic E-state index is 3.59. The predicted molar refractivity (Wildman–Crippen MR) is 81.1 cm³/mol. The van der Waals surface area contributed by atoms with Crippen LogP contribution in [0, 0.1) is 11.3 Å². The van der Waals surface area contributed by atoms with E-state index in [4.69, 9.17) is 0 Å². The highest BCUT2D eigenvalue weighted by atomic mass is 14.9. The van der Waals surface area contributed by atoms with E-state index in [9.17, 15) is 0 Å². The predicted octanol–water partition coefficient (Wildman–Crippen LogP) is 4.93. The smallest absolute Gasteiger partial charge is 0.0419 e. The van der Waals surface area contributed by atoms with Crippen LogP contribution in [0.4, 0.5) is 5.69 Å². The van der Waals surface area contributed by atoms with Gasteiger partial charge in [0.05, 0.1) is 0 Å². The Bertz CT molecular complexity index is 517. The monoisotopic (exact) mass is 241 g/mol. The zero-order valence-electron chi connectivity index (χ0n) is 11.8. The third-order valence-corrected chi connectivity index (χ3v) is 3.87. The van der Waals surface area contributed by atoms with Gasteiger partial charge in [-0.25, -0.2) is 0 Å². The molecule has 0 saturated carbocycles. The molecule has 1 nitrogen and oxygen atoms in total. The minimum Gasteiger partial charge on any atom is -0.384 e. The molecule has 0 radical (unpaired) electrons. The largest absolute Gasteiger partial charge is 0.384 e. The van der Waals surface area contributed by atoms with Crippen LogP contribution in [0.15, 0.2) is 42.5 Å². The van der Waals surface area contributed by atoms with E-state index in [1.165, 1.54) is 16.5 Å². The summed E-state index contributed by atoms with van der Waals surface area (Å²) in [5.41, 5.74) is 1.58. The van der Waals surface area contributed by atoms with E-state index in [1.807, 2.05) is 0 Å². The number of rotatable bonds is 3. The summed E-state index contributed by atoms with van der Waals surface area (Å²) in [5.74, 6) is 0.636. The van der Waals surface area contributed by atoms with Gasteiger partial charge in [-0.05, 0) is 22.8 Å². The van der Waals surface area contributed by atoms with E-state index in [0.717, 1.165) is 6.54 Å². The lowest BCUT2D eigenvalue weighted by Crippen LogP contribution is -2.24. The van der Waals surface area contributed by atoms with Crippen LogP contribution in [0.25, 0.3) is 10.8 Å². The van der Waals surface area contributed by atoms with Crippen molar-refractivity contribution in [3.8, 4) is 0 Å². The molecular weight excluding hydrogens is 218 g/mol. The van der Waals surface area contributed by atoms with Crippen molar-refractivity contribution >= 4 is 16.5 Å². The Morgan fingerprint density at radius 1 is 1.00 bits per heavy atom. The van der Waals surface area contributed by atoms with Gasteiger partial charge < -0.3 is 5.32 Å². The van der Waals surface area contributed by atoms with Crippen molar-refractivity contribution in [2.75, 3.05) is 11.9 Å². The first-order valence-electron chi connectivity index (χ1n) is 6.70. The molecule has 0 amide bonds. The summed E-state index contributed by atoms with van der Waals surface area (Å²) in [6.07, 6.45) is 0. The fourth-order valence-electron chi connectivity index (χ4n) is 1.95. The lowest BCUT2D eigenvalue weighted by atomic mass is 9.82. The van der Waals surface area contributed by atoms with Crippen molar-refractivity contribution < 1.29 is 0 Å². The molecule has 0 aliphatic heterocycles. The molecule has 0 bridgehead atoms. The molecule has 0 spiro atoms. The third kappa shape index (κ3) is 2.84. The van der Waals surface area contributed by atoms with E-state index >= 15 is 0 Å². The number of hydrogen-bond donors (Lipinski definition) is 1. The number of fused-ring (bicyclic) bond motifs is 1. The zero-order chi connectivity index (χ0) is 13.2. The maximum Gasteiger partial charge on any atom is 0.0419 e. The molecule has 1 atom stereocenters.